The minimum atomic E-state index is 0.131. The van der Waals surface area contributed by atoms with Crippen LogP contribution in [0.3, 0.4) is 0 Å². The number of benzene rings is 1. The van der Waals surface area contributed by atoms with Crippen LogP contribution in [0.15, 0.2) is 30.7 Å². The van der Waals surface area contributed by atoms with Crippen molar-refractivity contribution in [3.8, 4) is 11.5 Å². The van der Waals surface area contributed by atoms with Gasteiger partial charge in [-0.05, 0) is 19.1 Å². The smallest absolute Gasteiger partial charge is 0.160 e. The predicted octanol–water partition coefficient (Wildman–Crippen LogP) is 2.23. The number of imidazole rings is 1. The second-order valence-corrected chi connectivity index (χ2v) is 3.91. The Labute approximate surface area is 106 Å². The molecule has 0 spiro atoms. The molecule has 0 aliphatic carbocycles. The molecule has 0 unspecified atom stereocenters. The van der Waals surface area contributed by atoms with Crippen molar-refractivity contribution in [2.75, 3.05) is 12.4 Å². The molecule has 2 rings (SSSR count). The summed E-state index contributed by atoms with van der Waals surface area (Å²) in [5.41, 5.74) is 1.95. The first-order chi connectivity index (χ1) is 8.74. The molecule has 2 N–H and O–H groups in total. The van der Waals surface area contributed by atoms with Gasteiger partial charge in [0.2, 0.25) is 0 Å². The zero-order chi connectivity index (χ0) is 13.0. The Morgan fingerprint density at radius 2 is 2.28 bits per heavy atom. The number of ether oxygens (including phenoxy) is 1. The van der Waals surface area contributed by atoms with Crippen LogP contribution in [0.1, 0.15) is 12.6 Å². The number of hydrogen-bond donors (Lipinski definition) is 2. The number of hydrogen-bond acceptors (Lipinski definition) is 4. The third-order valence-corrected chi connectivity index (χ3v) is 2.79. The Morgan fingerprint density at radius 1 is 1.44 bits per heavy atom. The summed E-state index contributed by atoms with van der Waals surface area (Å²) in [4.78, 5) is 4.10. The van der Waals surface area contributed by atoms with Gasteiger partial charge in [-0.3, -0.25) is 0 Å². The van der Waals surface area contributed by atoms with Gasteiger partial charge in [-0.1, -0.05) is 0 Å². The minimum absolute atomic E-state index is 0.131. The molecular formula is C13H17N3O2. The monoisotopic (exact) mass is 247 g/mol. The Kier molecular flexibility index (Phi) is 3.72. The number of phenols is 1. The number of phenolic OH excluding ortho intramolecular Hbond substituents is 1. The molecule has 0 aliphatic rings. The Bertz CT molecular complexity index is 523. The molecule has 0 atom stereocenters. The number of aromatic nitrogens is 2. The summed E-state index contributed by atoms with van der Waals surface area (Å²) >= 11 is 0. The summed E-state index contributed by atoms with van der Waals surface area (Å²) in [6.45, 7) is 3.63. The van der Waals surface area contributed by atoms with Crippen LogP contribution in [-0.2, 0) is 13.1 Å². The molecule has 0 saturated heterocycles. The summed E-state index contributed by atoms with van der Waals surface area (Å²) in [7, 11) is 1.53. The number of aryl methyl sites for hydroxylation is 1. The lowest BCUT2D eigenvalue weighted by Gasteiger charge is -2.10. The van der Waals surface area contributed by atoms with Crippen LogP contribution in [0.4, 0.5) is 5.69 Å². The standard InChI is InChI=1S/C13H17N3O2/c1-3-16-9-14-7-11(16)8-15-10-4-5-13(18-2)12(17)6-10/h4-7,9,15,17H,3,8H2,1-2H3. The lowest BCUT2D eigenvalue weighted by atomic mass is 10.2. The minimum Gasteiger partial charge on any atom is -0.504 e. The fourth-order valence-electron chi connectivity index (χ4n) is 1.77. The van der Waals surface area contributed by atoms with Gasteiger partial charge >= 0.3 is 0 Å². The van der Waals surface area contributed by atoms with Gasteiger partial charge in [0.25, 0.3) is 0 Å². The highest BCUT2D eigenvalue weighted by Gasteiger charge is 2.04. The molecule has 18 heavy (non-hydrogen) atoms. The number of rotatable bonds is 5. The quantitative estimate of drug-likeness (QED) is 0.850. The van der Waals surface area contributed by atoms with E-state index in [1.807, 2.05) is 18.6 Å². The van der Waals surface area contributed by atoms with E-state index in [9.17, 15) is 5.11 Å². The average Bonchev–Trinajstić information content (AvgIpc) is 2.84. The second kappa shape index (κ2) is 5.44. The summed E-state index contributed by atoms with van der Waals surface area (Å²) in [5, 5.41) is 12.9. The number of aromatic hydroxyl groups is 1. The lowest BCUT2D eigenvalue weighted by Crippen LogP contribution is -2.05. The van der Waals surface area contributed by atoms with Crippen molar-refractivity contribution in [3.05, 3.63) is 36.4 Å². The molecule has 0 saturated carbocycles. The normalized spacial score (nSPS) is 10.3. The maximum atomic E-state index is 9.67. The summed E-state index contributed by atoms with van der Waals surface area (Å²) in [6, 6.07) is 5.24. The van der Waals surface area contributed by atoms with Gasteiger partial charge in [0, 0.05) is 24.5 Å². The third-order valence-electron chi connectivity index (χ3n) is 2.79. The van der Waals surface area contributed by atoms with Crippen LogP contribution in [0.5, 0.6) is 11.5 Å². The van der Waals surface area contributed by atoms with E-state index in [0.29, 0.717) is 12.3 Å². The van der Waals surface area contributed by atoms with E-state index < -0.39 is 0 Å². The van der Waals surface area contributed by atoms with Crippen LogP contribution in [0.2, 0.25) is 0 Å². The van der Waals surface area contributed by atoms with Crippen molar-refractivity contribution in [1.82, 2.24) is 9.55 Å². The largest absolute Gasteiger partial charge is 0.504 e. The van der Waals surface area contributed by atoms with Crippen LogP contribution in [-0.4, -0.2) is 21.8 Å². The van der Waals surface area contributed by atoms with E-state index in [2.05, 4.69) is 21.8 Å². The van der Waals surface area contributed by atoms with E-state index >= 15 is 0 Å². The number of methoxy groups -OCH3 is 1. The second-order valence-electron chi connectivity index (χ2n) is 3.91. The maximum absolute atomic E-state index is 9.67. The Balaban J connectivity index is 2.04. The highest BCUT2D eigenvalue weighted by molar-refractivity contribution is 5.54. The molecule has 2 aromatic rings. The van der Waals surface area contributed by atoms with Gasteiger partial charge in [-0.2, -0.15) is 0 Å². The van der Waals surface area contributed by atoms with Crippen LogP contribution in [0.25, 0.3) is 0 Å². The van der Waals surface area contributed by atoms with Crippen LogP contribution in [0, 0.1) is 0 Å². The molecule has 0 fully saturated rings. The Hall–Kier alpha value is -2.17. The summed E-state index contributed by atoms with van der Waals surface area (Å²) in [6.07, 6.45) is 3.64. The average molecular weight is 247 g/mol. The van der Waals surface area contributed by atoms with Crippen molar-refractivity contribution in [1.29, 1.82) is 0 Å². The zero-order valence-electron chi connectivity index (χ0n) is 10.6. The first-order valence-corrected chi connectivity index (χ1v) is 5.84. The first-order valence-electron chi connectivity index (χ1n) is 5.84. The number of anilines is 1. The van der Waals surface area contributed by atoms with Gasteiger partial charge in [0.1, 0.15) is 0 Å². The van der Waals surface area contributed by atoms with Crippen molar-refractivity contribution in [2.24, 2.45) is 0 Å². The predicted molar refractivity (Wildman–Crippen MR) is 69.9 cm³/mol. The molecule has 0 bridgehead atoms. The van der Waals surface area contributed by atoms with E-state index in [4.69, 9.17) is 4.74 Å². The van der Waals surface area contributed by atoms with Crippen molar-refractivity contribution >= 4 is 5.69 Å². The van der Waals surface area contributed by atoms with E-state index in [1.165, 1.54) is 7.11 Å². The highest BCUT2D eigenvalue weighted by Crippen LogP contribution is 2.28. The van der Waals surface area contributed by atoms with E-state index in [-0.39, 0.29) is 5.75 Å². The third kappa shape index (κ3) is 2.56. The SMILES string of the molecule is CCn1cncc1CNc1ccc(OC)c(O)c1. The van der Waals surface area contributed by atoms with E-state index in [1.54, 1.807) is 12.1 Å². The molecule has 1 aromatic heterocycles. The fourth-order valence-corrected chi connectivity index (χ4v) is 1.77. The van der Waals surface area contributed by atoms with Crippen LogP contribution >= 0.6 is 0 Å². The van der Waals surface area contributed by atoms with Crippen molar-refractivity contribution in [2.45, 2.75) is 20.0 Å². The molecule has 0 radical (unpaired) electrons. The first kappa shape index (κ1) is 12.3. The van der Waals surface area contributed by atoms with Gasteiger partial charge < -0.3 is 19.7 Å². The fraction of sp³-hybridized carbons (Fsp3) is 0.308. The number of nitrogens with zero attached hydrogens (tertiary/aromatic N) is 2. The molecule has 5 nitrogen and oxygen atoms in total. The van der Waals surface area contributed by atoms with Crippen molar-refractivity contribution in [3.63, 3.8) is 0 Å². The molecule has 0 amide bonds. The molecule has 0 aliphatic heterocycles. The maximum Gasteiger partial charge on any atom is 0.160 e. The molecule has 1 heterocycles. The van der Waals surface area contributed by atoms with Crippen LogP contribution < -0.4 is 10.1 Å². The molecule has 5 heteroatoms. The van der Waals surface area contributed by atoms with Gasteiger partial charge in [0.05, 0.1) is 25.7 Å². The van der Waals surface area contributed by atoms with Gasteiger partial charge in [-0.15, -0.1) is 0 Å². The van der Waals surface area contributed by atoms with Crippen molar-refractivity contribution < 1.29 is 9.84 Å². The lowest BCUT2D eigenvalue weighted by molar-refractivity contribution is 0.373. The van der Waals surface area contributed by atoms with Gasteiger partial charge in [0.15, 0.2) is 11.5 Å². The molecular weight excluding hydrogens is 230 g/mol. The van der Waals surface area contributed by atoms with Gasteiger partial charge in [-0.25, -0.2) is 4.98 Å². The summed E-state index contributed by atoms with van der Waals surface area (Å²) < 4.78 is 7.06. The van der Waals surface area contributed by atoms with E-state index in [0.717, 1.165) is 17.9 Å². The molecule has 1 aromatic carbocycles. The zero-order valence-corrected chi connectivity index (χ0v) is 10.6. The topological polar surface area (TPSA) is 59.3 Å². The Morgan fingerprint density at radius 3 is 2.94 bits per heavy atom. The number of nitrogens with one attached hydrogen (secondary N) is 1. The molecule has 96 valence electrons. The highest BCUT2D eigenvalue weighted by atomic mass is 16.5. The summed E-state index contributed by atoms with van der Waals surface area (Å²) in [5.74, 6) is 0.602.